The molecule has 4 rings (SSSR count). The van der Waals surface area contributed by atoms with Crippen LogP contribution in [-0.2, 0) is 19.4 Å². The van der Waals surface area contributed by atoms with Gasteiger partial charge in [0.15, 0.2) is 0 Å². The number of nitrogens with one attached hydrogen (secondary N) is 2. The summed E-state index contributed by atoms with van der Waals surface area (Å²) in [4.78, 5) is 24.4. The molecule has 1 aliphatic rings. The van der Waals surface area contributed by atoms with Gasteiger partial charge in [-0.05, 0) is 55.5 Å². The van der Waals surface area contributed by atoms with Crippen LogP contribution in [0.5, 0.6) is 0 Å². The lowest BCUT2D eigenvalue weighted by atomic mass is 10.0. The molecule has 6 heteroatoms. The molecule has 0 aromatic carbocycles. The minimum Gasteiger partial charge on any atom is -0.339 e. The van der Waals surface area contributed by atoms with Gasteiger partial charge in [-0.15, -0.1) is 0 Å². The summed E-state index contributed by atoms with van der Waals surface area (Å²) in [6.07, 6.45) is 9.76. The van der Waals surface area contributed by atoms with E-state index in [1.807, 2.05) is 35.0 Å². The molecule has 0 bridgehead atoms. The van der Waals surface area contributed by atoms with Crippen molar-refractivity contribution < 1.29 is 4.79 Å². The van der Waals surface area contributed by atoms with Crippen molar-refractivity contribution in [1.29, 1.82) is 0 Å². The third kappa shape index (κ3) is 2.95. The molecular weight excluding hydrogens is 302 g/mol. The predicted molar refractivity (Wildman–Crippen MR) is 91.0 cm³/mol. The number of fused-ring (bicyclic) bond motifs is 1. The van der Waals surface area contributed by atoms with Gasteiger partial charge in [0.1, 0.15) is 5.69 Å². The van der Waals surface area contributed by atoms with Crippen molar-refractivity contribution in [3.8, 4) is 0 Å². The average Bonchev–Trinajstić information content (AvgIpc) is 3.21. The van der Waals surface area contributed by atoms with Crippen LogP contribution in [0.4, 0.5) is 5.95 Å². The van der Waals surface area contributed by atoms with E-state index in [4.69, 9.17) is 0 Å². The van der Waals surface area contributed by atoms with E-state index >= 15 is 0 Å². The highest BCUT2D eigenvalue weighted by Gasteiger charge is 2.17. The maximum absolute atomic E-state index is 12.6. The van der Waals surface area contributed by atoms with Crippen LogP contribution in [0.1, 0.15) is 40.3 Å². The van der Waals surface area contributed by atoms with E-state index in [9.17, 15) is 4.79 Å². The van der Waals surface area contributed by atoms with Gasteiger partial charge < -0.3 is 9.55 Å². The molecule has 3 aromatic heterocycles. The lowest BCUT2D eigenvalue weighted by Gasteiger charge is -2.08. The summed E-state index contributed by atoms with van der Waals surface area (Å²) >= 11 is 0. The lowest BCUT2D eigenvalue weighted by molar-refractivity contribution is 0.101. The molecule has 0 aliphatic heterocycles. The lowest BCUT2D eigenvalue weighted by Crippen LogP contribution is -2.18. The number of hydrogen-bond donors (Lipinski definition) is 2. The van der Waals surface area contributed by atoms with Crippen LogP contribution in [0.15, 0.2) is 42.9 Å². The maximum Gasteiger partial charge on any atom is 0.274 e. The zero-order valence-electron chi connectivity index (χ0n) is 13.3. The number of aromatic nitrogens is 4. The summed E-state index contributed by atoms with van der Waals surface area (Å²) < 4.78 is 1.92. The fourth-order valence-electron chi connectivity index (χ4n) is 3.13. The second kappa shape index (κ2) is 6.31. The smallest absolute Gasteiger partial charge is 0.274 e. The van der Waals surface area contributed by atoms with Crippen molar-refractivity contribution >= 4 is 11.9 Å². The van der Waals surface area contributed by atoms with Crippen LogP contribution in [0.25, 0.3) is 0 Å². The third-order valence-electron chi connectivity index (χ3n) is 4.35. The molecule has 0 fully saturated rings. The number of anilines is 1. The van der Waals surface area contributed by atoms with Crippen molar-refractivity contribution in [3.05, 3.63) is 65.5 Å². The standard InChI is InChI=1S/C18H19N5O/c24-17(22-18-20-14-4-1-2-5-15(14)21-18)16-6-3-11-23(16)12-13-7-9-19-10-8-13/h3,6-11H,1-2,4-5,12H2,(H2,20,21,22,24). The van der Waals surface area contributed by atoms with E-state index in [2.05, 4.69) is 20.3 Å². The number of aromatic amines is 1. The number of aryl methyl sites for hydroxylation is 2. The fourth-order valence-corrected chi connectivity index (χ4v) is 3.13. The molecule has 0 saturated heterocycles. The molecule has 6 nitrogen and oxygen atoms in total. The van der Waals surface area contributed by atoms with E-state index in [-0.39, 0.29) is 5.91 Å². The molecule has 0 unspecified atom stereocenters. The predicted octanol–water partition coefficient (Wildman–Crippen LogP) is 2.79. The number of rotatable bonds is 4. The fraction of sp³-hybridized carbons (Fsp3) is 0.278. The van der Waals surface area contributed by atoms with E-state index in [1.54, 1.807) is 12.4 Å². The minimum absolute atomic E-state index is 0.153. The number of pyridine rings is 1. The second-order valence-corrected chi connectivity index (χ2v) is 6.05. The van der Waals surface area contributed by atoms with Crippen molar-refractivity contribution in [3.63, 3.8) is 0 Å². The van der Waals surface area contributed by atoms with Crippen LogP contribution in [0.3, 0.4) is 0 Å². The Bertz CT molecular complexity index is 826. The van der Waals surface area contributed by atoms with Gasteiger partial charge in [0.25, 0.3) is 5.91 Å². The number of imidazole rings is 1. The number of hydrogen-bond acceptors (Lipinski definition) is 3. The molecule has 0 radical (unpaired) electrons. The Hall–Kier alpha value is -2.89. The van der Waals surface area contributed by atoms with Crippen LogP contribution in [0.2, 0.25) is 0 Å². The van der Waals surface area contributed by atoms with E-state index in [1.165, 1.54) is 12.8 Å². The molecule has 122 valence electrons. The summed E-state index contributed by atoms with van der Waals surface area (Å²) in [5.41, 5.74) is 3.96. The first-order chi connectivity index (χ1) is 11.8. The van der Waals surface area contributed by atoms with Crippen molar-refractivity contribution in [2.45, 2.75) is 32.2 Å². The van der Waals surface area contributed by atoms with Gasteiger partial charge in [-0.1, -0.05) is 0 Å². The SMILES string of the molecule is O=C(Nc1nc2c([nH]1)CCCC2)c1cccn1Cc1ccncc1. The monoisotopic (exact) mass is 321 g/mol. The Labute approximate surface area is 140 Å². The highest BCUT2D eigenvalue weighted by Crippen LogP contribution is 2.20. The van der Waals surface area contributed by atoms with E-state index < -0.39 is 0 Å². The third-order valence-corrected chi connectivity index (χ3v) is 4.35. The number of H-pyrrole nitrogens is 1. The van der Waals surface area contributed by atoms with E-state index in [0.29, 0.717) is 18.2 Å². The summed E-state index contributed by atoms with van der Waals surface area (Å²) in [7, 11) is 0. The molecule has 1 aliphatic carbocycles. The van der Waals surface area contributed by atoms with Crippen molar-refractivity contribution in [2.24, 2.45) is 0 Å². The Kier molecular flexibility index (Phi) is 3.86. The summed E-state index contributed by atoms with van der Waals surface area (Å²) in [5.74, 6) is 0.392. The first-order valence-electron chi connectivity index (χ1n) is 8.23. The molecule has 24 heavy (non-hydrogen) atoms. The van der Waals surface area contributed by atoms with Gasteiger partial charge in [0.05, 0.1) is 5.69 Å². The Morgan fingerprint density at radius 2 is 2.04 bits per heavy atom. The Morgan fingerprint density at radius 3 is 2.88 bits per heavy atom. The van der Waals surface area contributed by atoms with Crippen molar-refractivity contribution in [2.75, 3.05) is 5.32 Å². The number of nitrogens with zero attached hydrogens (tertiary/aromatic N) is 3. The molecule has 3 heterocycles. The minimum atomic E-state index is -0.153. The highest BCUT2D eigenvalue weighted by atomic mass is 16.2. The maximum atomic E-state index is 12.6. The zero-order chi connectivity index (χ0) is 16.4. The normalized spacial score (nSPS) is 13.5. The first-order valence-corrected chi connectivity index (χ1v) is 8.23. The van der Waals surface area contributed by atoms with Crippen LogP contribution < -0.4 is 5.32 Å². The molecule has 0 spiro atoms. The van der Waals surface area contributed by atoms with Gasteiger partial charge in [0.2, 0.25) is 5.95 Å². The molecular formula is C18H19N5O. The largest absolute Gasteiger partial charge is 0.339 e. The molecule has 2 N–H and O–H groups in total. The van der Waals surface area contributed by atoms with Crippen LogP contribution >= 0.6 is 0 Å². The summed E-state index contributed by atoms with van der Waals surface area (Å²) in [6, 6.07) is 7.59. The van der Waals surface area contributed by atoms with Gasteiger partial charge in [-0.2, -0.15) is 0 Å². The number of carbonyl (C=O) groups is 1. The topological polar surface area (TPSA) is 75.6 Å². The molecule has 3 aromatic rings. The Balaban J connectivity index is 1.51. The molecule has 0 saturated carbocycles. The summed E-state index contributed by atoms with van der Waals surface area (Å²) in [6.45, 7) is 0.632. The highest BCUT2D eigenvalue weighted by molar-refractivity contribution is 6.02. The number of amides is 1. The second-order valence-electron chi connectivity index (χ2n) is 6.05. The van der Waals surface area contributed by atoms with Gasteiger partial charge in [-0.25, -0.2) is 4.98 Å². The summed E-state index contributed by atoms with van der Waals surface area (Å²) in [5, 5.41) is 2.89. The van der Waals surface area contributed by atoms with Crippen LogP contribution in [0, 0.1) is 0 Å². The average molecular weight is 321 g/mol. The Morgan fingerprint density at radius 1 is 1.21 bits per heavy atom. The van der Waals surface area contributed by atoms with Gasteiger partial charge in [-0.3, -0.25) is 15.1 Å². The van der Waals surface area contributed by atoms with Gasteiger partial charge in [0, 0.05) is 30.8 Å². The van der Waals surface area contributed by atoms with Crippen molar-refractivity contribution in [1.82, 2.24) is 19.5 Å². The number of carbonyl (C=O) groups excluding carboxylic acids is 1. The van der Waals surface area contributed by atoms with Gasteiger partial charge >= 0.3 is 0 Å². The van der Waals surface area contributed by atoms with E-state index in [0.717, 1.165) is 29.8 Å². The zero-order valence-corrected chi connectivity index (χ0v) is 13.3. The molecule has 0 atom stereocenters. The quantitative estimate of drug-likeness (QED) is 0.776. The molecule has 1 amide bonds. The first kappa shape index (κ1) is 14.7. The van der Waals surface area contributed by atoms with Crippen LogP contribution in [-0.4, -0.2) is 25.4 Å².